The molecular weight excluding hydrogens is 546 g/mol. The molecule has 1 aliphatic rings. The number of hydrogen-bond donors (Lipinski definition) is 1. The number of amides is 1. The predicted octanol–water partition coefficient (Wildman–Crippen LogP) is 6.51. The molecule has 1 amide bonds. The number of nitrogens with zero attached hydrogens (tertiary/aromatic N) is 1. The molecule has 1 heterocycles. The van der Waals surface area contributed by atoms with Crippen molar-refractivity contribution < 1.29 is 33.6 Å². The Hall–Kier alpha value is -4.11. The molecule has 1 N–H and O–H groups in total. The molecular formula is C35H39NO7. The van der Waals surface area contributed by atoms with Crippen LogP contribution in [0.15, 0.2) is 91.0 Å². The van der Waals surface area contributed by atoms with Crippen LogP contribution in [0, 0.1) is 0 Å². The molecule has 5 rings (SSSR count). The summed E-state index contributed by atoms with van der Waals surface area (Å²) in [4.78, 5) is 13.2. The highest BCUT2D eigenvalue weighted by Crippen LogP contribution is 2.34. The van der Waals surface area contributed by atoms with Gasteiger partial charge in [0.1, 0.15) is 24.2 Å². The van der Waals surface area contributed by atoms with Gasteiger partial charge in [-0.2, -0.15) is 0 Å². The third-order valence-corrected chi connectivity index (χ3v) is 7.94. The fourth-order valence-corrected chi connectivity index (χ4v) is 5.55. The molecule has 8 heteroatoms. The number of carboxylic acid groups (broad SMARTS) is 1. The highest BCUT2D eigenvalue weighted by molar-refractivity contribution is 5.89. The van der Waals surface area contributed by atoms with E-state index in [0.29, 0.717) is 45.9 Å². The van der Waals surface area contributed by atoms with Crippen LogP contribution in [0.3, 0.4) is 0 Å². The van der Waals surface area contributed by atoms with E-state index in [9.17, 15) is 9.90 Å². The van der Waals surface area contributed by atoms with E-state index in [-0.39, 0.29) is 18.1 Å². The summed E-state index contributed by atoms with van der Waals surface area (Å²) in [6.45, 7) is 2.37. The van der Waals surface area contributed by atoms with Gasteiger partial charge in [-0.05, 0) is 35.1 Å². The van der Waals surface area contributed by atoms with E-state index in [1.807, 2.05) is 84.9 Å². The van der Waals surface area contributed by atoms with Gasteiger partial charge in [-0.15, -0.1) is 0 Å². The smallest absolute Gasteiger partial charge is 0.407 e. The average Bonchev–Trinajstić information content (AvgIpc) is 3.05. The quantitative estimate of drug-likeness (QED) is 0.191. The summed E-state index contributed by atoms with van der Waals surface area (Å²) >= 11 is 0. The molecule has 8 nitrogen and oxygen atoms in total. The minimum atomic E-state index is -0.931. The summed E-state index contributed by atoms with van der Waals surface area (Å²) in [7, 11) is 3.32. The number of carbonyl (C=O) groups is 1. The van der Waals surface area contributed by atoms with Crippen molar-refractivity contribution in [3.05, 3.63) is 108 Å². The summed E-state index contributed by atoms with van der Waals surface area (Å²) in [6, 6.07) is 30.1. The van der Waals surface area contributed by atoms with E-state index in [1.165, 1.54) is 4.90 Å². The van der Waals surface area contributed by atoms with Crippen LogP contribution in [0.2, 0.25) is 0 Å². The summed E-state index contributed by atoms with van der Waals surface area (Å²) in [6.07, 6.45) is -0.781. The standard InChI is InChI=1S/C35H39NO7/c1-39-30(23-41-21-25-8-4-3-5-9-25)24-42-29-16-14-27(15-17-29)31-18-19-36(35(37)38)20-33(31)43-22-28-13-12-26-10-6-7-11-32(26)34(28)40-2/h3-17,30-31,33H,18-24H2,1-2H3,(H,37,38). The van der Waals surface area contributed by atoms with Crippen molar-refractivity contribution in [1.82, 2.24) is 4.90 Å². The lowest BCUT2D eigenvalue weighted by atomic mass is 9.87. The molecule has 0 saturated carbocycles. The number of likely N-dealkylation sites (tertiary alicyclic amines) is 1. The first-order chi connectivity index (χ1) is 21.1. The van der Waals surface area contributed by atoms with Crippen molar-refractivity contribution in [2.75, 3.05) is 40.5 Å². The minimum absolute atomic E-state index is 0.0363. The second kappa shape index (κ2) is 14.9. The van der Waals surface area contributed by atoms with Gasteiger partial charge in [0.05, 0.1) is 39.6 Å². The van der Waals surface area contributed by atoms with E-state index in [1.54, 1.807) is 14.2 Å². The maximum absolute atomic E-state index is 11.8. The van der Waals surface area contributed by atoms with Gasteiger partial charge in [-0.3, -0.25) is 0 Å². The Morgan fingerprint density at radius 2 is 1.67 bits per heavy atom. The molecule has 0 spiro atoms. The molecule has 1 fully saturated rings. The maximum Gasteiger partial charge on any atom is 0.407 e. The predicted molar refractivity (Wildman–Crippen MR) is 165 cm³/mol. The number of methoxy groups -OCH3 is 2. The zero-order chi connectivity index (χ0) is 30.0. The lowest BCUT2D eigenvalue weighted by Crippen LogP contribution is -2.46. The zero-order valence-electron chi connectivity index (χ0n) is 24.7. The Morgan fingerprint density at radius 3 is 2.42 bits per heavy atom. The Labute approximate surface area is 252 Å². The first kappa shape index (κ1) is 30.4. The molecule has 0 bridgehead atoms. The van der Waals surface area contributed by atoms with Crippen LogP contribution in [0.25, 0.3) is 10.8 Å². The Kier molecular flexibility index (Phi) is 10.5. The molecule has 4 aromatic carbocycles. The monoisotopic (exact) mass is 585 g/mol. The number of rotatable bonds is 13. The summed E-state index contributed by atoms with van der Waals surface area (Å²) in [5, 5.41) is 11.8. The number of piperidine rings is 1. The second-order valence-electron chi connectivity index (χ2n) is 10.7. The highest BCUT2D eigenvalue weighted by Gasteiger charge is 2.33. The molecule has 1 aliphatic heterocycles. The van der Waals surface area contributed by atoms with E-state index < -0.39 is 6.09 Å². The Bertz CT molecular complexity index is 1460. The minimum Gasteiger partial charge on any atom is -0.496 e. The maximum atomic E-state index is 11.8. The molecule has 1 saturated heterocycles. The van der Waals surface area contributed by atoms with Gasteiger partial charge >= 0.3 is 6.09 Å². The van der Waals surface area contributed by atoms with Crippen LogP contribution in [-0.2, 0) is 27.4 Å². The molecule has 3 unspecified atom stereocenters. The van der Waals surface area contributed by atoms with Gasteiger partial charge in [-0.1, -0.05) is 78.9 Å². The van der Waals surface area contributed by atoms with Gasteiger partial charge in [0.15, 0.2) is 0 Å². The van der Waals surface area contributed by atoms with Crippen LogP contribution < -0.4 is 9.47 Å². The fraction of sp³-hybridized carbons (Fsp3) is 0.343. The molecule has 0 aliphatic carbocycles. The van der Waals surface area contributed by atoms with E-state index in [2.05, 4.69) is 6.07 Å². The fourth-order valence-electron chi connectivity index (χ4n) is 5.55. The zero-order valence-corrected chi connectivity index (χ0v) is 24.7. The number of ether oxygens (including phenoxy) is 5. The molecule has 226 valence electrons. The highest BCUT2D eigenvalue weighted by atomic mass is 16.6. The third-order valence-electron chi connectivity index (χ3n) is 7.94. The van der Waals surface area contributed by atoms with Gasteiger partial charge in [-0.25, -0.2) is 4.79 Å². The van der Waals surface area contributed by atoms with Gasteiger partial charge in [0, 0.05) is 30.5 Å². The van der Waals surface area contributed by atoms with Gasteiger partial charge < -0.3 is 33.7 Å². The molecule has 0 aromatic heterocycles. The van der Waals surface area contributed by atoms with E-state index >= 15 is 0 Å². The molecule has 0 radical (unpaired) electrons. The normalized spacial score (nSPS) is 17.5. The SMILES string of the molecule is COc1c(COC2CN(C(=O)O)CCC2c2ccc(OCC(COCc3ccccc3)OC)cc2)ccc2ccccc12. The van der Waals surface area contributed by atoms with Crippen molar-refractivity contribution in [1.29, 1.82) is 0 Å². The van der Waals surface area contributed by atoms with Crippen LogP contribution in [0.1, 0.15) is 29.0 Å². The Morgan fingerprint density at radius 1 is 0.907 bits per heavy atom. The second-order valence-corrected chi connectivity index (χ2v) is 10.7. The van der Waals surface area contributed by atoms with Crippen LogP contribution >= 0.6 is 0 Å². The first-order valence-corrected chi connectivity index (χ1v) is 14.6. The summed E-state index contributed by atoms with van der Waals surface area (Å²) in [5.41, 5.74) is 3.13. The topological polar surface area (TPSA) is 86.7 Å². The number of hydrogen-bond acceptors (Lipinski definition) is 6. The number of benzene rings is 4. The number of fused-ring (bicyclic) bond motifs is 1. The van der Waals surface area contributed by atoms with Crippen molar-refractivity contribution >= 4 is 16.9 Å². The van der Waals surface area contributed by atoms with Crippen molar-refractivity contribution in [3.8, 4) is 11.5 Å². The summed E-state index contributed by atoms with van der Waals surface area (Å²) < 4.78 is 29.6. The van der Waals surface area contributed by atoms with Crippen molar-refractivity contribution in [2.45, 2.75) is 37.8 Å². The Balaban J connectivity index is 1.21. The van der Waals surface area contributed by atoms with Crippen LogP contribution in [-0.4, -0.2) is 68.8 Å². The molecule has 3 atom stereocenters. The van der Waals surface area contributed by atoms with Gasteiger partial charge in [0.2, 0.25) is 0 Å². The lowest BCUT2D eigenvalue weighted by Gasteiger charge is -2.37. The summed E-state index contributed by atoms with van der Waals surface area (Å²) in [5.74, 6) is 1.55. The molecule has 43 heavy (non-hydrogen) atoms. The third kappa shape index (κ3) is 7.84. The van der Waals surface area contributed by atoms with Crippen LogP contribution in [0.5, 0.6) is 11.5 Å². The van der Waals surface area contributed by atoms with Crippen molar-refractivity contribution in [3.63, 3.8) is 0 Å². The van der Waals surface area contributed by atoms with Gasteiger partial charge in [0.25, 0.3) is 0 Å². The average molecular weight is 586 g/mol. The first-order valence-electron chi connectivity index (χ1n) is 14.6. The van der Waals surface area contributed by atoms with E-state index in [4.69, 9.17) is 23.7 Å². The lowest BCUT2D eigenvalue weighted by molar-refractivity contribution is -0.0207. The largest absolute Gasteiger partial charge is 0.496 e. The molecule has 4 aromatic rings. The van der Waals surface area contributed by atoms with Crippen LogP contribution in [0.4, 0.5) is 4.79 Å². The van der Waals surface area contributed by atoms with Crippen molar-refractivity contribution in [2.24, 2.45) is 0 Å². The van der Waals surface area contributed by atoms with E-state index in [0.717, 1.165) is 39.0 Å².